The van der Waals surface area contributed by atoms with Gasteiger partial charge < -0.3 is 4.90 Å². The lowest BCUT2D eigenvalue weighted by molar-refractivity contribution is 0.470. The van der Waals surface area contributed by atoms with Crippen molar-refractivity contribution in [1.82, 2.24) is 29.8 Å². The molecule has 4 heterocycles. The molecule has 3 aromatic rings. The molecule has 0 N–H and O–H groups in total. The second kappa shape index (κ2) is 6.30. The van der Waals surface area contributed by atoms with Crippen LogP contribution in [-0.4, -0.2) is 42.9 Å². The van der Waals surface area contributed by atoms with Crippen molar-refractivity contribution in [3.05, 3.63) is 41.7 Å². The summed E-state index contributed by atoms with van der Waals surface area (Å²) in [6.07, 6.45) is 3.68. The van der Waals surface area contributed by atoms with E-state index in [9.17, 15) is 0 Å². The molecule has 0 atom stereocenters. The quantitative estimate of drug-likeness (QED) is 0.707. The van der Waals surface area contributed by atoms with Gasteiger partial charge in [-0.05, 0) is 31.9 Å². The first-order valence-corrected chi connectivity index (χ1v) is 9.18. The SMILES string of the molecule is Cc1cc(N2CCC(c3nnc4ccc(C(C)(C)C)nn34)CC2)ncn1. The molecular weight excluding hydrogens is 326 g/mol. The molecule has 0 aromatic carbocycles. The summed E-state index contributed by atoms with van der Waals surface area (Å²) in [7, 11) is 0. The fourth-order valence-corrected chi connectivity index (χ4v) is 3.44. The molecule has 26 heavy (non-hydrogen) atoms. The van der Waals surface area contributed by atoms with Gasteiger partial charge in [-0.25, -0.2) is 9.97 Å². The zero-order valence-corrected chi connectivity index (χ0v) is 15.8. The second-order valence-corrected chi connectivity index (χ2v) is 8.08. The zero-order valence-electron chi connectivity index (χ0n) is 15.8. The van der Waals surface area contributed by atoms with Crippen molar-refractivity contribution in [1.29, 1.82) is 0 Å². The van der Waals surface area contributed by atoms with E-state index in [1.54, 1.807) is 6.33 Å². The summed E-state index contributed by atoms with van der Waals surface area (Å²) in [5, 5.41) is 13.6. The van der Waals surface area contributed by atoms with Crippen LogP contribution >= 0.6 is 0 Å². The summed E-state index contributed by atoms with van der Waals surface area (Å²) in [4.78, 5) is 10.9. The van der Waals surface area contributed by atoms with Crippen LogP contribution in [0.15, 0.2) is 24.5 Å². The number of hydrogen-bond donors (Lipinski definition) is 0. The van der Waals surface area contributed by atoms with Gasteiger partial charge in [-0.3, -0.25) is 0 Å². The van der Waals surface area contributed by atoms with E-state index in [2.05, 4.69) is 45.8 Å². The average Bonchev–Trinajstić information content (AvgIpc) is 3.04. The first-order chi connectivity index (χ1) is 12.4. The Bertz CT molecular complexity index is 917. The van der Waals surface area contributed by atoms with Gasteiger partial charge in [0.1, 0.15) is 12.1 Å². The molecule has 136 valence electrons. The van der Waals surface area contributed by atoms with Gasteiger partial charge in [-0.1, -0.05) is 20.8 Å². The van der Waals surface area contributed by atoms with E-state index < -0.39 is 0 Å². The van der Waals surface area contributed by atoms with Crippen LogP contribution in [0.5, 0.6) is 0 Å². The number of rotatable bonds is 2. The van der Waals surface area contributed by atoms with E-state index in [0.29, 0.717) is 5.92 Å². The van der Waals surface area contributed by atoms with Crippen molar-refractivity contribution in [3.63, 3.8) is 0 Å². The highest BCUT2D eigenvalue weighted by Gasteiger charge is 2.26. The monoisotopic (exact) mass is 351 g/mol. The number of piperidine rings is 1. The summed E-state index contributed by atoms with van der Waals surface area (Å²) < 4.78 is 1.94. The highest BCUT2D eigenvalue weighted by Crippen LogP contribution is 2.29. The topological polar surface area (TPSA) is 72.1 Å². The molecule has 7 heteroatoms. The van der Waals surface area contributed by atoms with Crippen molar-refractivity contribution in [3.8, 4) is 0 Å². The van der Waals surface area contributed by atoms with Crippen LogP contribution in [0, 0.1) is 6.92 Å². The maximum absolute atomic E-state index is 4.83. The van der Waals surface area contributed by atoms with Crippen molar-refractivity contribution in [2.24, 2.45) is 0 Å². The highest BCUT2D eigenvalue weighted by atomic mass is 15.4. The molecule has 7 nitrogen and oxygen atoms in total. The minimum atomic E-state index is 0.00394. The van der Waals surface area contributed by atoms with Crippen molar-refractivity contribution in [2.75, 3.05) is 18.0 Å². The second-order valence-electron chi connectivity index (χ2n) is 8.08. The fraction of sp³-hybridized carbons (Fsp3) is 0.526. The van der Waals surface area contributed by atoms with Gasteiger partial charge in [-0.2, -0.15) is 9.61 Å². The zero-order chi connectivity index (χ0) is 18.3. The smallest absolute Gasteiger partial charge is 0.177 e. The molecule has 1 aliphatic heterocycles. The number of aromatic nitrogens is 6. The molecule has 1 saturated heterocycles. The van der Waals surface area contributed by atoms with E-state index in [1.807, 2.05) is 29.6 Å². The standard InChI is InChI=1S/C19H25N7/c1-13-11-17(21-12-20-13)25-9-7-14(8-10-25)18-23-22-16-6-5-15(19(2,3)4)24-26(16)18/h5-6,11-12,14H,7-10H2,1-4H3. The Kier molecular flexibility index (Phi) is 4.09. The molecule has 3 aromatic heterocycles. The van der Waals surface area contributed by atoms with Crippen LogP contribution in [0.4, 0.5) is 5.82 Å². The van der Waals surface area contributed by atoms with Gasteiger partial charge in [0.2, 0.25) is 0 Å². The fourth-order valence-electron chi connectivity index (χ4n) is 3.44. The van der Waals surface area contributed by atoms with Crippen LogP contribution in [0.1, 0.15) is 56.7 Å². The summed E-state index contributed by atoms with van der Waals surface area (Å²) in [5.74, 6) is 2.35. The Morgan fingerprint density at radius 1 is 1.04 bits per heavy atom. The number of hydrogen-bond acceptors (Lipinski definition) is 6. The van der Waals surface area contributed by atoms with Gasteiger partial charge in [-0.15, -0.1) is 10.2 Å². The van der Waals surface area contributed by atoms with Crippen LogP contribution < -0.4 is 4.90 Å². The molecule has 0 saturated carbocycles. The normalized spacial score (nSPS) is 16.4. The lowest BCUT2D eigenvalue weighted by atomic mass is 9.92. The molecule has 0 bridgehead atoms. The Labute approximate surface area is 153 Å². The van der Waals surface area contributed by atoms with E-state index in [-0.39, 0.29) is 5.41 Å². The molecule has 0 unspecified atom stereocenters. The lowest BCUT2D eigenvalue weighted by Crippen LogP contribution is -2.34. The molecule has 1 fully saturated rings. The highest BCUT2D eigenvalue weighted by molar-refractivity contribution is 5.40. The largest absolute Gasteiger partial charge is 0.356 e. The van der Waals surface area contributed by atoms with Gasteiger partial charge in [0.15, 0.2) is 11.5 Å². The third-order valence-electron chi connectivity index (χ3n) is 5.03. The van der Waals surface area contributed by atoms with Crippen LogP contribution in [0.25, 0.3) is 5.65 Å². The maximum atomic E-state index is 4.83. The Morgan fingerprint density at radius 3 is 2.50 bits per heavy atom. The maximum Gasteiger partial charge on any atom is 0.177 e. The van der Waals surface area contributed by atoms with Crippen LogP contribution in [0.3, 0.4) is 0 Å². The lowest BCUT2D eigenvalue weighted by Gasteiger charge is -2.32. The minimum Gasteiger partial charge on any atom is -0.356 e. The van der Waals surface area contributed by atoms with Gasteiger partial charge >= 0.3 is 0 Å². The third kappa shape index (κ3) is 3.13. The first kappa shape index (κ1) is 16.9. The Balaban J connectivity index is 1.56. The Morgan fingerprint density at radius 2 is 1.81 bits per heavy atom. The predicted octanol–water partition coefficient (Wildman–Crippen LogP) is 2.90. The molecular formula is C19H25N7. The number of nitrogens with zero attached hydrogens (tertiary/aromatic N) is 7. The van der Waals surface area contributed by atoms with E-state index in [4.69, 9.17) is 5.10 Å². The van der Waals surface area contributed by atoms with Crippen LogP contribution in [0.2, 0.25) is 0 Å². The van der Waals surface area contributed by atoms with Crippen LogP contribution in [-0.2, 0) is 5.41 Å². The molecule has 4 rings (SSSR count). The van der Waals surface area contributed by atoms with Gasteiger partial charge in [0, 0.05) is 36.2 Å². The van der Waals surface area contributed by atoms with Gasteiger partial charge in [0.05, 0.1) is 5.69 Å². The molecule has 0 amide bonds. The third-order valence-corrected chi connectivity index (χ3v) is 5.03. The van der Waals surface area contributed by atoms with E-state index in [0.717, 1.165) is 54.6 Å². The number of fused-ring (bicyclic) bond motifs is 1. The summed E-state index contributed by atoms with van der Waals surface area (Å²) in [6, 6.07) is 6.11. The molecule has 1 aliphatic rings. The summed E-state index contributed by atoms with van der Waals surface area (Å²) in [6.45, 7) is 10.4. The van der Waals surface area contributed by atoms with Gasteiger partial charge in [0.25, 0.3) is 0 Å². The minimum absolute atomic E-state index is 0.00394. The predicted molar refractivity (Wildman–Crippen MR) is 100 cm³/mol. The summed E-state index contributed by atoms with van der Waals surface area (Å²) >= 11 is 0. The Hall–Kier alpha value is -2.57. The first-order valence-electron chi connectivity index (χ1n) is 9.18. The van der Waals surface area contributed by atoms with Crippen molar-refractivity contribution in [2.45, 2.75) is 51.9 Å². The summed E-state index contributed by atoms with van der Waals surface area (Å²) in [5.41, 5.74) is 2.88. The number of aryl methyl sites for hydroxylation is 1. The number of anilines is 1. The average molecular weight is 351 g/mol. The van der Waals surface area contributed by atoms with Crippen molar-refractivity contribution >= 4 is 11.5 Å². The van der Waals surface area contributed by atoms with E-state index in [1.165, 1.54) is 0 Å². The molecule has 0 spiro atoms. The van der Waals surface area contributed by atoms with E-state index >= 15 is 0 Å². The van der Waals surface area contributed by atoms with Crippen molar-refractivity contribution < 1.29 is 0 Å². The molecule has 0 aliphatic carbocycles. The molecule has 0 radical (unpaired) electrons.